The van der Waals surface area contributed by atoms with Gasteiger partial charge in [-0.2, -0.15) is 5.10 Å². The van der Waals surface area contributed by atoms with E-state index < -0.39 is 6.10 Å². The van der Waals surface area contributed by atoms with E-state index in [0.29, 0.717) is 10.8 Å². The van der Waals surface area contributed by atoms with Gasteiger partial charge in [0.2, 0.25) is 5.13 Å². The van der Waals surface area contributed by atoms with Crippen LogP contribution in [0.25, 0.3) is 11.3 Å². The third-order valence-corrected chi connectivity index (χ3v) is 5.35. The molecule has 0 amide bonds. The van der Waals surface area contributed by atoms with Gasteiger partial charge in [-0.15, -0.1) is 11.3 Å². The van der Waals surface area contributed by atoms with Crippen LogP contribution in [0.4, 0.5) is 5.13 Å². The lowest BCUT2D eigenvalue weighted by molar-refractivity contribution is 0.248. The van der Waals surface area contributed by atoms with Crippen molar-refractivity contribution < 1.29 is 9.84 Å². The van der Waals surface area contributed by atoms with Crippen LogP contribution in [0.5, 0.6) is 5.75 Å². The summed E-state index contributed by atoms with van der Waals surface area (Å²) in [5, 5.41) is 18.1. The van der Waals surface area contributed by atoms with E-state index in [1.165, 1.54) is 11.3 Å². The molecule has 0 aliphatic carbocycles. The fraction of sp³-hybridized carbons (Fsp3) is 0.0833. The number of thiazole rings is 1. The van der Waals surface area contributed by atoms with Gasteiger partial charge in [-0.05, 0) is 29.8 Å². The Hall–Kier alpha value is -3.48. The van der Waals surface area contributed by atoms with Gasteiger partial charge < -0.3 is 9.84 Å². The number of aliphatic hydroxyl groups excluding tert-OH is 1. The van der Waals surface area contributed by atoms with Crippen molar-refractivity contribution in [2.45, 2.75) is 6.10 Å². The van der Waals surface area contributed by atoms with Crippen molar-refractivity contribution in [2.24, 2.45) is 5.10 Å². The van der Waals surface area contributed by atoms with Crippen LogP contribution in [-0.4, -0.2) is 22.9 Å². The molecule has 4 aromatic rings. The molecule has 5 nitrogen and oxygen atoms in total. The lowest BCUT2D eigenvalue weighted by atomic mass is 9.99. The van der Waals surface area contributed by atoms with Gasteiger partial charge in [0.25, 0.3) is 0 Å². The Bertz CT molecular complexity index is 1110. The number of aromatic nitrogens is 1. The second-order valence-corrected chi connectivity index (χ2v) is 7.41. The van der Waals surface area contributed by atoms with E-state index in [9.17, 15) is 5.11 Å². The first-order valence-corrected chi connectivity index (χ1v) is 10.3. The van der Waals surface area contributed by atoms with Crippen molar-refractivity contribution in [1.82, 2.24) is 4.98 Å². The molecule has 4 rings (SSSR count). The van der Waals surface area contributed by atoms with Crippen molar-refractivity contribution >= 4 is 22.2 Å². The molecule has 0 saturated carbocycles. The van der Waals surface area contributed by atoms with Crippen LogP contribution >= 0.6 is 11.3 Å². The molecule has 1 atom stereocenters. The van der Waals surface area contributed by atoms with E-state index in [4.69, 9.17) is 4.74 Å². The molecule has 2 N–H and O–H groups in total. The van der Waals surface area contributed by atoms with Crippen molar-refractivity contribution in [3.8, 4) is 17.0 Å². The number of methoxy groups -OCH3 is 1. The Morgan fingerprint density at radius 1 is 0.967 bits per heavy atom. The lowest BCUT2D eigenvalue weighted by Crippen LogP contribution is -2.15. The smallest absolute Gasteiger partial charge is 0.203 e. The maximum absolute atomic E-state index is 10.9. The summed E-state index contributed by atoms with van der Waals surface area (Å²) in [6.07, 6.45) is -0.859. The highest BCUT2D eigenvalue weighted by Gasteiger charge is 2.17. The minimum absolute atomic E-state index is 0.531. The molecule has 1 unspecified atom stereocenters. The fourth-order valence-corrected chi connectivity index (χ4v) is 3.67. The SMILES string of the molecule is COc1ccc(-c2csc(N/N=C(\c3ccccc3)C(O)c3ccccc3)n2)cc1. The predicted octanol–water partition coefficient (Wildman–Crippen LogP) is 5.37. The first-order valence-electron chi connectivity index (χ1n) is 9.46. The molecule has 0 saturated heterocycles. The summed E-state index contributed by atoms with van der Waals surface area (Å²) >= 11 is 1.46. The van der Waals surface area contributed by atoms with E-state index in [2.05, 4.69) is 15.5 Å². The summed E-state index contributed by atoms with van der Waals surface area (Å²) < 4.78 is 5.20. The molecule has 30 heavy (non-hydrogen) atoms. The fourth-order valence-electron chi connectivity index (χ4n) is 3.01. The minimum Gasteiger partial charge on any atom is -0.497 e. The number of aliphatic hydroxyl groups is 1. The first kappa shape index (κ1) is 19.8. The molecule has 0 aliphatic rings. The predicted molar refractivity (Wildman–Crippen MR) is 122 cm³/mol. The number of nitrogens with zero attached hydrogens (tertiary/aromatic N) is 2. The number of hydrogen-bond acceptors (Lipinski definition) is 6. The third kappa shape index (κ3) is 4.56. The Balaban J connectivity index is 1.59. The second kappa shape index (κ2) is 9.35. The first-order chi connectivity index (χ1) is 14.7. The van der Waals surface area contributed by atoms with Gasteiger partial charge in [-0.1, -0.05) is 60.7 Å². The molecule has 0 spiro atoms. The minimum atomic E-state index is -0.859. The molecule has 3 aromatic carbocycles. The number of rotatable bonds is 7. The van der Waals surface area contributed by atoms with E-state index in [1.807, 2.05) is 90.3 Å². The van der Waals surface area contributed by atoms with Crippen molar-refractivity contribution in [1.29, 1.82) is 0 Å². The zero-order valence-electron chi connectivity index (χ0n) is 16.4. The van der Waals surface area contributed by atoms with Crippen LogP contribution in [0.3, 0.4) is 0 Å². The number of anilines is 1. The summed E-state index contributed by atoms with van der Waals surface area (Å²) in [6, 6.07) is 26.9. The highest BCUT2D eigenvalue weighted by Crippen LogP contribution is 2.27. The second-order valence-electron chi connectivity index (χ2n) is 6.55. The molecule has 0 bridgehead atoms. The average molecular weight is 416 g/mol. The Labute approximate surface area is 179 Å². The Morgan fingerprint density at radius 3 is 2.30 bits per heavy atom. The molecular weight excluding hydrogens is 394 g/mol. The van der Waals surface area contributed by atoms with Crippen LogP contribution in [0.1, 0.15) is 17.2 Å². The van der Waals surface area contributed by atoms with Crippen LogP contribution in [-0.2, 0) is 0 Å². The molecule has 150 valence electrons. The normalized spacial score (nSPS) is 12.4. The standard InChI is InChI=1S/C24H21N3O2S/c1-29-20-14-12-17(13-15-20)21-16-30-24(25-21)27-26-22(18-8-4-2-5-9-18)23(28)19-10-6-3-7-11-19/h2-16,23,28H,1H3,(H,25,27)/b26-22+. The average Bonchev–Trinajstić information content (AvgIpc) is 3.29. The van der Waals surface area contributed by atoms with Crippen LogP contribution in [0.15, 0.2) is 95.4 Å². The Kier molecular flexibility index (Phi) is 6.17. The van der Waals surface area contributed by atoms with Gasteiger partial charge >= 0.3 is 0 Å². The molecule has 1 heterocycles. The van der Waals surface area contributed by atoms with E-state index in [0.717, 1.165) is 28.1 Å². The van der Waals surface area contributed by atoms with Crippen molar-refractivity contribution in [3.05, 3.63) is 101 Å². The summed E-state index contributed by atoms with van der Waals surface area (Å²) in [5.74, 6) is 0.805. The number of hydrazone groups is 1. The Morgan fingerprint density at radius 2 is 1.63 bits per heavy atom. The number of ether oxygens (including phenoxy) is 1. The van der Waals surface area contributed by atoms with Crippen molar-refractivity contribution in [3.63, 3.8) is 0 Å². The topological polar surface area (TPSA) is 66.7 Å². The van der Waals surface area contributed by atoms with Gasteiger partial charge in [0, 0.05) is 16.5 Å². The van der Waals surface area contributed by atoms with Gasteiger partial charge in [0.05, 0.1) is 12.8 Å². The van der Waals surface area contributed by atoms with E-state index in [1.54, 1.807) is 7.11 Å². The summed E-state index contributed by atoms with van der Waals surface area (Å²) in [5.41, 5.74) is 7.02. The number of hydrogen-bond donors (Lipinski definition) is 2. The zero-order valence-corrected chi connectivity index (χ0v) is 17.2. The van der Waals surface area contributed by atoms with Crippen molar-refractivity contribution in [2.75, 3.05) is 12.5 Å². The molecular formula is C24H21N3O2S. The maximum Gasteiger partial charge on any atom is 0.203 e. The summed E-state index contributed by atoms with van der Waals surface area (Å²) in [6.45, 7) is 0. The zero-order chi connectivity index (χ0) is 20.8. The van der Waals surface area contributed by atoms with Gasteiger partial charge in [0.1, 0.15) is 17.6 Å². The molecule has 0 fully saturated rings. The van der Waals surface area contributed by atoms with Gasteiger partial charge in [-0.3, -0.25) is 5.43 Å². The largest absolute Gasteiger partial charge is 0.497 e. The molecule has 6 heteroatoms. The van der Waals surface area contributed by atoms with Crippen LogP contribution in [0.2, 0.25) is 0 Å². The summed E-state index contributed by atoms with van der Waals surface area (Å²) in [7, 11) is 1.64. The van der Waals surface area contributed by atoms with E-state index in [-0.39, 0.29) is 0 Å². The van der Waals surface area contributed by atoms with E-state index >= 15 is 0 Å². The highest BCUT2D eigenvalue weighted by molar-refractivity contribution is 7.14. The molecule has 0 aliphatic heterocycles. The molecule has 1 aromatic heterocycles. The monoisotopic (exact) mass is 415 g/mol. The number of benzene rings is 3. The van der Waals surface area contributed by atoms with Crippen LogP contribution < -0.4 is 10.2 Å². The summed E-state index contributed by atoms with van der Waals surface area (Å²) in [4.78, 5) is 4.61. The quantitative estimate of drug-likeness (QED) is 0.315. The highest BCUT2D eigenvalue weighted by atomic mass is 32.1. The van der Waals surface area contributed by atoms with Gasteiger partial charge in [0.15, 0.2) is 0 Å². The van der Waals surface area contributed by atoms with Gasteiger partial charge in [-0.25, -0.2) is 4.98 Å². The maximum atomic E-state index is 10.9. The van der Waals surface area contributed by atoms with Crippen LogP contribution in [0, 0.1) is 0 Å². The molecule has 0 radical (unpaired) electrons. The number of nitrogens with one attached hydrogen (secondary N) is 1. The third-order valence-electron chi connectivity index (χ3n) is 4.61. The lowest BCUT2D eigenvalue weighted by Gasteiger charge is -2.14.